The van der Waals surface area contributed by atoms with Gasteiger partial charge in [-0.1, -0.05) is 0 Å². The molecule has 1 aromatic carbocycles. The van der Waals surface area contributed by atoms with Crippen LogP contribution in [0.1, 0.15) is 49.7 Å². The predicted molar refractivity (Wildman–Crippen MR) is 119 cm³/mol. The van der Waals surface area contributed by atoms with Crippen LogP contribution in [0.3, 0.4) is 0 Å². The Morgan fingerprint density at radius 2 is 1.69 bits per heavy atom. The van der Waals surface area contributed by atoms with Gasteiger partial charge in [-0.25, -0.2) is 9.59 Å². The number of likely N-dealkylation sites (tertiary alicyclic amines) is 1. The summed E-state index contributed by atoms with van der Waals surface area (Å²) in [5.74, 6) is -1.11. The number of hydrogen-bond donors (Lipinski definition) is 1. The molecule has 1 aromatic heterocycles. The highest BCUT2D eigenvalue weighted by molar-refractivity contribution is 5.93. The lowest BCUT2D eigenvalue weighted by Gasteiger charge is -2.33. The zero-order valence-corrected chi connectivity index (χ0v) is 19.6. The van der Waals surface area contributed by atoms with Crippen LogP contribution in [0, 0.1) is 0 Å². The van der Waals surface area contributed by atoms with Gasteiger partial charge >= 0.3 is 18.2 Å². The van der Waals surface area contributed by atoms with Crippen molar-refractivity contribution in [3.8, 4) is 0 Å². The van der Waals surface area contributed by atoms with E-state index in [1.807, 2.05) is 0 Å². The number of anilines is 1. The molecule has 0 unspecified atom stereocenters. The minimum atomic E-state index is -4.58. The molecule has 9 nitrogen and oxygen atoms in total. The van der Waals surface area contributed by atoms with Crippen LogP contribution in [0.4, 0.5) is 23.7 Å². The zero-order valence-electron chi connectivity index (χ0n) is 19.6. The largest absolute Gasteiger partial charge is 0.459 e. The fourth-order valence-corrected chi connectivity index (χ4v) is 3.34. The molecule has 0 radical (unpaired) electrons. The monoisotopic (exact) mass is 496 g/mol. The second-order valence-corrected chi connectivity index (χ2v) is 9.09. The summed E-state index contributed by atoms with van der Waals surface area (Å²) in [7, 11) is 0. The number of nitrogens with one attached hydrogen (secondary N) is 1. The standard InChI is InChI=1S/C23H27F3N4O5/c1-22(2,3)35-21(33)29-11-8-17(9-12-29)34-20(32)15-4-6-16(7-5-15)27-19(31)14-30-13-10-18(28-30)23(24,25)26/h4-7,10,13,17H,8-9,11-12,14H2,1-3H3,(H,27,31). The van der Waals surface area contributed by atoms with Gasteiger partial charge < -0.3 is 19.7 Å². The highest BCUT2D eigenvalue weighted by Gasteiger charge is 2.33. The van der Waals surface area contributed by atoms with E-state index in [1.54, 1.807) is 25.7 Å². The van der Waals surface area contributed by atoms with Crippen molar-refractivity contribution >= 4 is 23.7 Å². The third-order valence-corrected chi connectivity index (χ3v) is 5.01. The molecule has 1 N–H and O–H groups in total. The topological polar surface area (TPSA) is 103 Å². The van der Waals surface area contributed by atoms with E-state index in [1.165, 1.54) is 24.3 Å². The third kappa shape index (κ3) is 7.72. The molecule has 0 aliphatic carbocycles. The molecule has 2 amide bonds. The Morgan fingerprint density at radius 1 is 1.06 bits per heavy atom. The van der Waals surface area contributed by atoms with Crippen molar-refractivity contribution < 1.29 is 37.0 Å². The van der Waals surface area contributed by atoms with Crippen LogP contribution in [0.5, 0.6) is 0 Å². The maximum Gasteiger partial charge on any atom is 0.435 e. The first-order valence-corrected chi connectivity index (χ1v) is 11.0. The number of nitrogens with zero attached hydrogens (tertiary/aromatic N) is 3. The Bertz CT molecular complexity index is 1050. The van der Waals surface area contributed by atoms with Crippen LogP contribution in [-0.4, -0.2) is 57.4 Å². The summed E-state index contributed by atoms with van der Waals surface area (Å²) in [4.78, 5) is 38.3. The van der Waals surface area contributed by atoms with Gasteiger partial charge in [0.1, 0.15) is 18.2 Å². The summed E-state index contributed by atoms with van der Waals surface area (Å²) >= 11 is 0. The average Bonchev–Trinajstić information content (AvgIpc) is 3.22. The molecule has 35 heavy (non-hydrogen) atoms. The van der Waals surface area contributed by atoms with Crippen LogP contribution >= 0.6 is 0 Å². The van der Waals surface area contributed by atoms with Gasteiger partial charge in [-0.15, -0.1) is 0 Å². The molecule has 0 bridgehead atoms. The van der Waals surface area contributed by atoms with Gasteiger partial charge in [0.2, 0.25) is 5.91 Å². The molecule has 12 heteroatoms. The number of rotatable bonds is 5. The van der Waals surface area contributed by atoms with Crippen LogP contribution in [0.15, 0.2) is 36.5 Å². The van der Waals surface area contributed by atoms with Crippen molar-refractivity contribution in [3.63, 3.8) is 0 Å². The summed E-state index contributed by atoms with van der Waals surface area (Å²) in [5, 5.41) is 5.86. The lowest BCUT2D eigenvalue weighted by molar-refractivity contribution is -0.141. The molecule has 190 valence electrons. The predicted octanol–water partition coefficient (Wildman–Crippen LogP) is 4.10. The lowest BCUT2D eigenvalue weighted by Crippen LogP contribution is -2.43. The van der Waals surface area contributed by atoms with E-state index in [-0.39, 0.29) is 11.7 Å². The molecule has 0 spiro atoms. The number of carbonyl (C=O) groups excluding carboxylic acids is 3. The number of amides is 2. The van der Waals surface area contributed by atoms with E-state index in [0.717, 1.165) is 16.9 Å². The maximum atomic E-state index is 12.6. The Hall–Kier alpha value is -3.57. The average molecular weight is 496 g/mol. The molecule has 1 saturated heterocycles. The number of esters is 1. The van der Waals surface area contributed by atoms with Crippen molar-refractivity contribution in [2.24, 2.45) is 0 Å². The van der Waals surface area contributed by atoms with Crippen LogP contribution in [0.25, 0.3) is 0 Å². The van der Waals surface area contributed by atoms with E-state index < -0.39 is 42.0 Å². The first kappa shape index (κ1) is 26.0. The highest BCUT2D eigenvalue weighted by atomic mass is 19.4. The van der Waals surface area contributed by atoms with Crippen LogP contribution in [0.2, 0.25) is 0 Å². The molecule has 0 saturated carbocycles. The van der Waals surface area contributed by atoms with Gasteiger partial charge in [-0.05, 0) is 51.1 Å². The first-order valence-electron chi connectivity index (χ1n) is 11.0. The Kier molecular flexibility index (Phi) is 7.71. The first-order chi connectivity index (χ1) is 16.3. The summed E-state index contributed by atoms with van der Waals surface area (Å²) < 4.78 is 49.6. The van der Waals surface area contributed by atoms with E-state index in [0.29, 0.717) is 31.6 Å². The lowest BCUT2D eigenvalue weighted by atomic mass is 10.1. The molecule has 3 rings (SSSR count). The molecule has 0 atom stereocenters. The van der Waals surface area contributed by atoms with E-state index in [2.05, 4.69) is 10.4 Å². The van der Waals surface area contributed by atoms with Gasteiger partial charge in [-0.3, -0.25) is 9.48 Å². The number of halogens is 3. The molecule has 2 heterocycles. The number of hydrogen-bond acceptors (Lipinski definition) is 6. The molecule has 1 aliphatic heterocycles. The molecule has 1 fully saturated rings. The normalized spacial score (nSPS) is 15.0. The van der Waals surface area contributed by atoms with E-state index >= 15 is 0 Å². The van der Waals surface area contributed by atoms with Gasteiger partial charge in [0, 0.05) is 37.8 Å². The van der Waals surface area contributed by atoms with Gasteiger partial charge in [0.25, 0.3) is 0 Å². The fourth-order valence-electron chi connectivity index (χ4n) is 3.34. The number of ether oxygens (including phenoxy) is 2. The smallest absolute Gasteiger partial charge is 0.435 e. The van der Waals surface area contributed by atoms with Crippen molar-refractivity contribution in [2.75, 3.05) is 18.4 Å². The second kappa shape index (κ2) is 10.4. The maximum absolute atomic E-state index is 12.6. The second-order valence-electron chi connectivity index (χ2n) is 9.09. The van der Waals surface area contributed by atoms with Crippen LogP contribution < -0.4 is 5.32 Å². The Labute approximate surface area is 200 Å². The number of benzene rings is 1. The fraction of sp³-hybridized carbons (Fsp3) is 0.478. The minimum Gasteiger partial charge on any atom is -0.459 e. The number of aromatic nitrogens is 2. The van der Waals surface area contributed by atoms with E-state index in [4.69, 9.17) is 9.47 Å². The highest BCUT2D eigenvalue weighted by Crippen LogP contribution is 2.27. The summed E-state index contributed by atoms with van der Waals surface area (Å²) in [6, 6.07) is 6.72. The number of piperidine rings is 1. The summed E-state index contributed by atoms with van der Waals surface area (Å²) in [6.45, 7) is 5.81. The Balaban J connectivity index is 1.45. The molecular formula is C23H27F3N4O5. The quantitative estimate of drug-likeness (QED) is 0.626. The van der Waals surface area contributed by atoms with Crippen molar-refractivity contribution in [2.45, 2.75) is 58.0 Å². The SMILES string of the molecule is CC(C)(C)OC(=O)N1CCC(OC(=O)c2ccc(NC(=O)Cn3ccc(C(F)(F)F)n3)cc2)CC1. The summed E-state index contributed by atoms with van der Waals surface area (Å²) in [5.41, 5.74) is -1.02. The minimum absolute atomic E-state index is 0.277. The third-order valence-electron chi connectivity index (χ3n) is 5.01. The van der Waals surface area contributed by atoms with Crippen molar-refractivity contribution in [1.82, 2.24) is 14.7 Å². The molecule has 1 aliphatic rings. The van der Waals surface area contributed by atoms with Crippen LogP contribution in [-0.2, 0) is 27.0 Å². The zero-order chi connectivity index (χ0) is 25.8. The van der Waals surface area contributed by atoms with Gasteiger partial charge in [0.15, 0.2) is 5.69 Å². The molecule has 2 aromatic rings. The molecular weight excluding hydrogens is 469 g/mol. The number of alkyl halides is 3. The Morgan fingerprint density at radius 3 is 2.23 bits per heavy atom. The van der Waals surface area contributed by atoms with Gasteiger partial charge in [-0.2, -0.15) is 18.3 Å². The number of carbonyl (C=O) groups is 3. The van der Waals surface area contributed by atoms with Gasteiger partial charge in [0.05, 0.1) is 5.56 Å². The summed E-state index contributed by atoms with van der Waals surface area (Å²) in [6.07, 6.45) is -3.27. The van der Waals surface area contributed by atoms with Crippen molar-refractivity contribution in [1.29, 1.82) is 0 Å². The van der Waals surface area contributed by atoms with E-state index in [9.17, 15) is 27.6 Å². The van der Waals surface area contributed by atoms with Crippen molar-refractivity contribution in [3.05, 3.63) is 47.8 Å².